The smallest absolute Gasteiger partial charge is 0.217 e. The fraction of sp³-hybridized carbons (Fsp3) is 0.297. The van der Waals surface area contributed by atoms with E-state index in [9.17, 15) is 5.11 Å². The van der Waals surface area contributed by atoms with Crippen molar-refractivity contribution in [2.75, 3.05) is 0 Å². The predicted octanol–water partition coefficient (Wildman–Crippen LogP) is 9.57. The van der Waals surface area contributed by atoms with Crippen LogP contribution in [0.3, 0.4) is 0 Å². The number of aromatic nitrogens is 3. The van der Waals surface area contributed by atoms with Gasteiger partial charge in [-0.1, -0.05) is 77.6 Å². The van der Waals surface area contributed by atoms with Crippen molar-refractivity contribution in [2.45, 2.75) is 72.6 Å². The van der Waals surface area contributed by atoms with Crippen LogP contribution < -0.4 is 4.74 Å². The number of phenolic OH excluding ortho intramolecular Hbond substituents is 1. The number of benzene rings is 3. The summed E-state index contributed by atoms with van der Waals surface area (Å²) in [4.78, 5) is 9.58. The molecule has 5 nitrogen and oxygen atoms in total. The zero-order valence-electron chi connectivity index (χ0n) is 25.9. The average molecular weight is 752 g/mol. The molecule has 0 unspecified atom stereocenters. The Labute approximate surface area is 268 Å². The summed E-state index contributed by atoms with van der Waals surface area (Å²) in [6, 6.07) is 24.3. The number of aromatic hydroxyl groups is 1. The van der Waals surface area contributed by atoms with E-state index in [0.29, 0.717) is 23.1 Å². The average Bonchev–Trinajstić information content (AvgIpc) is 3.30. The van der Waals surface area contributed by atoms with Crippen LogP contribution >= 0.6 is 0 Å². The van der Waals surface area contributed by atoms with Gasteiger partial charge in [0, 0.05) is 50.0 Å². The van der Waals surface area contributed by atoms with Crippen LogP contribution in [-0.4, -0.2) is 19.6 Å². The van der Waals surface area contributed by atoms with Crippen molar-refractivity contribution in [3.8, 4) is 23.2 Å². The molecule has 0 atom stereocenters. The van der Waals surface area contributed by atoms with Gasteiger partial charge in [0.15, 0.2) is 0 Å². The van der Waals surface area contributed by atoms with Crippen LogP contribution in [0.25, 0.3) is 38.5 Å². The van der Waals surface area contributed by atoms with Crippen molar-refractivity contribution in [2.24, 2.45) is 0 Å². The van der Waals surface area contributed by atoms with E-state index in [1.807, 2.05) is 12.3 Å². The SMILES string of the molecule is CCc1cc(O)c2nc(Oc3[c-]c4c(c(C(C)(C)C)c3)c3ccccc3n4-c3cc(C(C)C)ccn3)cc(CC)c2c1.[Pt]. The van der Waals surface area contributed by atoms with Gasteiger partial charge < -0.3 is 14.4 Å². The summed E-state index contributed by atoms with van der Waals surface area (Å²) >= 11 is 0. The molecule has 0 aliphatic carbocycles. The maximum absolute atomic E-state index is 10.9. The van der Waals surface area contributed by atoms with Crippen molar-refractivity contribution in [1.29, 1.82) is 0 Å². The maximum Gasteiger partial charge on any atom is 0.217 e. The molecule has 1 N–H and O–H groups in total. The minimum Gasteiger partial charge on any atom is -0.506 e. The molecule has 0 aliphatic rings. The summed E-state index contributed by atoms with van der Waals surface area (Å²) in [6.07, 6.45) is 3.53. The second-order valence-corrected chi connectivity index (χ2v) is 12.4. The van der Waals surface area contributed by atoms with Gasteiger partial charge in [-0.05, 0) is 76.6 Å². The molecule has 3 aromatic carbocycles. The fourth-order valence-electron chi connectivity index (χ4n) is 5.86. The Hall–Kier alpha value is -3.69. The Balaban J connectivity index is 0.00000368. The van der Waals surface area contributed by atoms with E-state index in [-0.39, 0.29) is 32.2 Å². The third kappa shape index (κ3) is 5.56. The third-order valence-corrected chi connectivity index (χ3v) is 8.15. The number of hydrogen-bond acceptors (Lipinski definition) is 4. The van der Waals surface area contributed by atoms with Gasteiger partial charge in [-0.25, -0.2) is 9.97 Å². The Kier molecular flexibility index (Phi) is 8.42. The predicted molar refractivity (Wildman–Crippen MR) is 172 cm³/mol. The summed E-state index contributed by atoms with van der Waals surface area (Å²) in [6.45, 7) is 15.3. The molecule has 0 spiro atoms. The quantitative estimate of drug-likeness (QED) is 0.172. The van der Waals surface area contributed by atoms with Crippen molar-refractivity contribution < 1.29 is 30.9 Å². The first-order chi connectivity index (χ1) is 20.1. The summed E-state index contributed by atoms with van der Waals surface area (Å²) in [5.41, 5.74) is 6.94. The number of para-hydroxylation sites is 1. The molecule has 0 aliphatic heterocycles. The molecule has 0 radical (unpaired) electrons. The Morgan fingerprint density at radius 3 is 2.42 bits per heavy atom. The van der Waals surface area contributed by atoms with Crippen LogP contribution in [0.4, 0.5) is 0 Å². The summed E-state index contributed by atoms with van der Waals surface area (Å²) in [7, 11) is 0. The third-order valence-electron chi connectivity index (χ3n) is 8.15. The van der Waals surface area contributed by atoms with Crippen molar-refractivity contribution >= 4 is 32.7 Å². The molecule has 6 heteroatoms. The maximum atomic E-state index is 10.9. The largest absolute Gasteiger partial charge is 0.506 e. The minimum atomic E-state index is -0.173. The second kappa shape index (κ2) is 11.8. The van der Waals surface area contributed by atoms with E-state index in [1.54, 1.807) is 6.07 Å². The van der Waals surface area contributed by atoms with Crippen LogP contribution in [0.15, 0.2) is 66.9 Å². The number of pyridine rings is 2. The van der Waals surface area contributed by atoms with Crippen LogP contribution in [0.1, 0.15) is 76.6 Å². The standard InChI is InChI=1S/C37H38N3O2.Pt/c1-8-23-16-28-24(9-2)19-34(39-36(28)32(41)17-23)42-26-20-29(37(5,6)7)35-27-12-10-11-13-30(27)40(31(35)21-26)33-18-25(22(3)4)14-15-38-33;/h10-20,22,41H,8-9H2,1-7H3;/q-1;. The van der Waals surface area contributed by atoms with Crippen LogP contribution in [0.5, 0.6) is 17.4 Å². The number of hydrogen-bond donors (Lipinski definition) is 1. The monoisotopic (exact) mass is 751 g/mol. The number of nitrogens with zero attached hydrogens (tertiary/aromatic N) is 3. The number of phenols is 1. The molecule has 43 heavy (non-hydrogen) atoms. The molecular formula is C37H38N3O2Pt-. The van der Waals surface area contributed by atoms with Crippen molar-refractivity contribution in [3.63, 3.8) is 0 Å². The van der Waals surface area contributed by atoms with E-state index in [0.717, 1.165) is 62.5 Å². The minimum absolute atomic E-state index is 0. The van der Waals surface area contributed by atoms with Crippen LogP contribution in [0, 0.1) is 6.07 Å². The van der Waals surface area contributed by atoms with E-state index < -0.39 is 0 Å². The molecule has 3 aromatic heterocycles. The van der Waals surface area contributed by atoms with Gasteiger partial charge >= 0.3 is 0 Å². The molecule has 3 heterocycles. The van der Waals surface area contributed by atoms with Crippen molar-refractivity contribution in [3.05, 3.63) is 95.2 Å². The fourth-order valence-corrected chi connectivity index (χ4v) is 5.86. The molecule has 6 aromatic rings. The van der Waals surface area contributed by atoms with Gasteiger partial charge in [-0.15, -0.1) is 17.7 Å². The number of aryl methyl sites for hydroxylation is 2. The molecule has 0 fully saturated rings. The molecule has 0 bridgehead atoms. The first-order valence-electron chi connectivity index (χ1n) is 14.9. The second-order valence-electron chi connectivity index (χ2n) is 12.4. The molecule has 0 saturated carbocycles. The van der Waals surface area contributed by atoms with E-state index >= 15 is 0 Å². The van der Waals surface area contributed by atoms with Gasteiger partial charge in [0.05, 0.1) is 0 Å². The molecule has 0 amide bonds. The number of fused-ring (bicyclic) bond motifs is 4. The van der Waals surface area contributed by atoms with E-state index in [4.69, 9.17) is 14.7 Å². The van der Waals surface area contributed by atoms with Gasteiger partial charge in [0.2, 0.25) is 5.88 Å². The number of rotatable bonds is 6. The molecular weight excluding hydrogens is 714 g/mol. The Morgan fingerprint density at radius 1 is 0.953 bits per heavy atom. The zero-order chi connectivity index (χ0) is 29.8. The first-order valence-corrected chi connectivity index (χ1v) is 14.9. The normalized spacial score (nSPS) is 11.9. The van der Waals surface area contributed by atoms with Gasteiger partial charge in [-0.2, -0.15) is 0 Å². The van der Waals surface area contributed by atoms with Gasteiger partial charge in [0.25, 0.3) is 0 Å². The van der Waals surface area contributed by atoms with Gasteiger partial charge in [0.1, 0.15) is 17.1 Å². The molecule has 0 saturated heterocycles. The zero-order valence-corrected chi connectivity index (χ0v) is 28.1. The van der Waals surface area contributed by atoms with Crippen LogP contribution in [-0.2, 0) is 39.3 Å². The Bertz CT molecular complexity index is 1970. The van der Waals surface area contributed by atoms with Crippen molar-refractivity contribution in [1.82, 2.24) is 14.5 Å². The molecule has 6 rings (SSSR count). The summed E-state index contributed by atoms with van der Waals surface area (Å²) in [5, 5.41) is 14.1. The number of ether oxygens (including phenoxy) is 1. The summed E-state index contributed by atoms with van der Waals surface area (Å²) in [5.74, 6) is 2.43. The first kappa shape index (κ1) is 30.8. The van der Waals surface area contributed by atoms with E-state index in [1.165, 1.54) is 5.56 Å². The van der Waals surface area contributed by atoms with Crippen LogP contribution in [0.2, 0.25) is 0 Å². The Morgan fingerprint density at radius 2 is 1.72 bits per heavy atom. The van der Waals surface area contributed by atoms with Gasteiger partial charge in [-0.3, -0.25) is 0 Å². The van der Waals surface area contributed by atoms with E-state index in [2.05, 4.69) is 108 Å². The topological polar surface area (TPSA) is 60.2 Å². The summed E-state index contributed by atoms with van der Waals surface area (Å²) < 4.78 is 8.72. The molecule has 224 valence electrons.